The predicted molar refractivity (Wildman–Crippen MR) is 71.8 cm³/mol. The van der Waals surface area contributed by atoms with Crippen LogP contribution in [0.4, 0.5) is 22.0 Å². The van der Waals surface area contributed by atoms with Crippen molar-refractivity contribution in [1.82, 2.24) is 0 Å². The van der Waals surface area contributed by atoms with Gasteiger partial charge in [0, 0.05) is 18.6 Å². The zero-order valence-corrected chi connectivity index (χ0v) is 12.5. The average Bonchev–Trinajstić information content (AvgIpc) is 2.58. The summed E-state index contributed by atoms with van der Waals surface area (Å²) in [6.45, 7) is 3.39. The van der Waals surface area contributed by atoms with E-state index in [9.17, 15) is 27.1 Å². The highest BCUT2D eigenvalue weighted by Gasteiger charge is 2.20. The first-order valence-corrected chi connectivity index (χ1v) is 7.02. The fraction of sp³-hybridized carbons (Fsp3) is 0.312. The highest BCUT2D eigenvalue weighted by molar-refractivity contribution is 5.26. The molecule has 0 N–H and O–H groups in total. The van der Waals surface area contributed by atoms with Crippen LogP contribution in [0.5, 0.6) is 5.75 Å². The molecule has 0 saturated carbocycles. The molecule has 0 radical (unpaired) electrons. The van der Waals surface area contributed by atoms with E-state index in [1.54, 1.807) is 0 Å². The summed E-state index contributed by atoms with van der Waals surface area (Å²) >= 11 is 0. The molecule has 1 aromatic carbocycles. The Bertz CT molecular complexity index is 529. The Balaban J connectivity index is 0.000000231. The first-order chi connectivity index (χ1) is 10.9. The summed E-state index contributed by atoms with van der Waals surface area (Å²) < 4.78 is 62.6. The third-order valence-electron chi connectivity index (χ3n) is 2.97. The maximum absolute atomic E-state index is 12.1. The maximum atomic E-state index is 12.1. The van der Waals surface area contributed by atoms with Gasteiger partial charge in [-0.05, 0) is 12.2 Å². The van der Waals surface area contributed by atoms with E-state index in [0.29, 0.717) is 0 Å². The van der Waals surface area contributed by atoms with Crippen molar-refractivity contribution < 1.29 is 31.6 Å². The van der Waals surface area contributed by atoms with Crippen molar-refractivity contribution in [3.63, 3.8) is 0 Å². The molecule has 1 aromatic heterocycles. The van der Waals surface area contributed by atoms with Crippen LogP contribution in [0.15, 0.2) is 30.6 Å². The topological polar surface area (TPSA) is 26.9 Å². The molecule has 0 aliphatic carbocycles. The largest absolute Gasteiger partial charge is 0.868 e. The molecule has 2 nitrogen and oxygen atoms in total. The zero-order chi connectivity index (χ0) is 17.4. The lowest BCUT2D eigenvalue weighted by Crippen LogP contribution is -2.31. The van der Waals surface area contributed by atoms with Crippen LogP contribution in [-0.4, -0.2) is 0 Å². The van der Waals surface area contributed by atoms with Crippen molar-refractivity contribution in [2.45, 2.75) is 32.7 Å². The second-order valence-electron chi connectivity index (χ2n) is 4.72. The minimum absolute atomic E-state index is 1.16. The molecule has 2 rings (SSSR count). The van der Waals surface area contributed by atoms with Crippen molar-refractivity contribution >= 4 is 0 Å². The van der Waals surface area contributed by atoms with E-state index in [0.717, 1.165) is 6.54 Å². The molecule has 7 heteroatoms. The van der Waals surface area contributed by atoms with E-state index in [1.165, 1.54) is 19.3 Å². The highest BCUT2D eigenvalue weighted by atomic mass is 19.2. The van der Waals surface area contributed by atoms with Gasteiger partial charge in [0.05, 0.1) is 0 Å². The van der Waals surface area contributed by atoms with Crippen molar-refractivity contribution in [2.24, 2.45) is 0 Å². The van der Waals surface area contributed by atoms with E-state index in [-0.39, 0.29) is 0 Å². The number of aromatic nitrogens is 1. The summed E-state index contributed by atoms with van der Waals surface area (Å²) in [5.41, 5.74) is 0. The van der Waals surface area contributed by atoms with Gasteiger partial charge in [0.25, 0.3) is 0 Å². The van der Waals surface area contributed by atoms with Gasteiger partial charge in [-0.25, -0.2) is 26.5 Å². The summed E-state index contributed by atoms with van der Waals surface area (Å²) in [7, 11) is 0. The summed E-state index contributed by atoms with van der Waals surface area (Å²) in [6.07, 6.45) is 8.17. The van der Waals surface area contributed by atoms with Gasteiger partial charge in [-0.1, -0.05) is 19.4 Å². The Kier molecular flexibility index (Phi) is 7.44. The average molecular weight is 333 g/mol. The standard InChI is InChI=1S/C10H16N.C6HF5O/c1-2-3-5-8-11-9-6-4-7-10-11;7-1-2(8)4(10)6(12)5(11)3(1)9/h4,6-7,9-10H,2-3,5,8H2,1H3;12H/q+1;/p-1. The molecular weight excluding hydrogens is 317 g/mol. The Morgan fingerprint density at radius 2 is 1.26 bits per heavy atom. The lowest BCUT2D eigenvalue weighted by molar-refractivity contribution is -0.697. The number of hydrogen-bond donors (Lipinski definition) is 0. The van der Waals surface area contributed by atoms with Crippen LogP contribution >= 0.6 is 0 Å². The summed E-state index contributed by atoms with van der Waals surface area (Å²) in [6, 6.07) is 6.20. The van der Waals surface area contributed by atoms with Gasteiger partial charge in [-0.15, -0.1) is 0 Å². The number of pyridine rings is 1. The summed E-state index contributed by atoms with van der Waals surface area (Å²) in [5, 5.41) is 10.2. The fourth-order valence-electron chi connectivity index (χ4n) is 1.71. The number of halogens is 5. The SMILES string of the molecule is CCCCC[n+]1ccccc1.[O-]c1c(F)c(F)c(F)c(F)c1F. The highest BCUT2D eigenvalue weighted by Crippen LogP contribution is 2.25. The van der Waals surface area contributed by atoms with Gasteiger partial charge < -0.3 is 5.11 Å². The Morgan fingerprint density at radius 3 is 1.74 bits per heavy atom. The van der Waals surface area contributed by atoms with Gasteiger partial charge in [0.15, 0.2) is 41.5 Å². The first-order valence-electron chi connectivity index (χ1n) is 7.02. The van der Waals surface area contributed by atoms with E-state index in [2.05, 4.69) is 42.1 Å². The molecular formula is C16H16F5NO. The lowest BCUT2D eigenvalue weighted by atomic mass is 10.2. The Labute approximate surface area is 130 Å². The van der Waals surface area contributed by atoms with Crippen LogP contribution in [0, 0.1) is 29.1 Å². The minimum Gasteiger partial charge on any atom is -0.868 e. The monoisotopic (exact) mass is 333 g/mol. The molecule has 0 unspecified atom stereocenters. The van der Waals surface area contributed by atoms with Gasteiger partial charge in [0.1, 0.15) is 6.54 Å². The Morgan fingerprint density at radius 1 is 0.783 bits per heavy atom. The van der Waals surface area contributed by atoms with Crippen molar-refractivity contribution in [2.75, 3.05) is 0 Å². The number of rotatable bonds is 4. The molecule has 126 valence electrons. The molecule has 0 fully saturated rings. The molecule has 0 amide bonds. The number of hydrogen-bond acceptors (Lipinski definition) is 1. The van der Waals surface area contributed by atoms with Gasteiger partial charge >= 0.3 is 0 Å². The lowest BCUT2D eigenvalue weighted by Gasteiger charge is -2.09. The first kappa shape index (κ1) is 18.9. The third-order valence-corrected chi connectivity index (χ3v) is 2.97. The zero-order valence-electron chi connectivity index (χ0n) is 12.5. The molecule has 0 spiro atoms. The predicted octanol–water partition coefficient (Wildman–Crippen LogP) is 3.62. The van der Waals surface area contributed by atoms with E-state index >= 15 is 0 Å². The molecule has 0 aliphatic rings. The number of unbranched alkanes of at least 4 members (excludes halogenated alkanes) is 2. The number of benzene rings is 1. The molecule has 2 aromatic rings. The molecule has 23 heavy (non-hydrogen) atoms. The molecule has 1 heterocycles. The van der Waals surface area contributed by atoms with Gasteiger partial charge in [-0.2, -0.15) is 0 Å². The number of nitrogens with zero attached hydrogens (tertiary/aromatic N) is 1. The second kappa shape index (κ2) is 9.07. The minimum atomic E-state index is -2.33. The normalized spacial score (nSPS) is 10.2. The quantitative estimate of drug-likeness (QED) is 0.276. The van der Waals surface area contributed by atoms with Crippen molar-refractivity contribution in [3.8, 4) is 5.75 Å². The van der Waals surface area contributed by atoms with E-state index in [4.69, 9.17) is 0 Å². The molecule has 0 aliphatic heterocycles. The van der Waals surface area contributed by atoms with Gasteiger partial charge in [0.2, 0.25) is 0 Å². The van der Waals surface area contributed by atoms with E-state index in [1.807, 2.05) is 0 Å². The van der Waals surface area contributed by atoms with Crippen LogP contribution in [0.3, 0.4) is 0 Å². The second-order valence-corrected chi connectivity index (χ2v) is 4.72. The van der Waals surface area contributed by atoms with Crippen molar-refractivity contribution in [3.05, 3.63) is 59.7 Å². The van der Waals surface area contributed by atoms with Crippen LogP contribution in [0.1, 0.15) is 26.2 Å². The summed E-state index contributed by atoms with van der Waals surface area (Å²) in [5.74, 6) is -13.6. The third kappa shape index (κ3) is 5.19. The fourth-order valence-corrected chi connectivity index (χ4v) is 1.71. The molecule has 0 bridgehead atoms. The number of aryl methyl sites for hydroxylation is 1. The maximum Gasteiger partial charge on any atom is 0.200 e. The smallest absolute Gasteiger partial charge is 0.200 e. The van der Waals surface area contributed by atoms with Crippen LogP contribution in [0.2, 0.25) is 0 Å². The van der Waals surface area contributed by atoms with E-state index < -0.39 is 34.8 Å². The van der Waals surface area contributed by atoms with Crippen molar-refractivity contribution in [1.29, 1.82) is 0 Å². The van der Waals surface area contributed by atoms with Crippen LogP contribution < -0.4 is 9.67 Å². The Hall–Kier alpha value is -2.18. The van der Waals surface area contributed by atoms with Crippen LogP contribution in [0.25, 0.3) is 0 Å². The molecule has 0 atom stereocenters. The molecule has 0 saturated heterocycles. The summed E-state index contributed by atoms with van der Waals surface area (Å²) in [4.78, 5) is 0. The van der Waals surface area contributed by atoms with Gasteiger partial charge in [-0.3, -0.25) is 0 Å². The van der Waals surface area contributed by atoms with Crippen LogP contribution in [-0.2, 0) is 6.54 Å².